The van der Waals surface area contributed by atoms with Crippen molar-refractivity contribution in [3.63, 3.8) is 0 Å². The molecule has 0 bridgehead atoms. The lowest BCUT2D eigenvalue weighted by Crippen LogP contribution is -2.17. The zero-order valence-electron chi connectivity index (χ0n) is 10.9. The molecule has 7 nitrogen and oxygen atoms in total. The molecule has 0 aliphatic rings. The molecule has 2 rings (SSSR count). The second-order valence-electron chi connectivity index (χ2n) is 4.01. The van der Waals surface area contributed by atoms with Crippen LogP contribution in [0.25, 0.3) is 0 Å². The molecule has 2 aromatic rings. The van der Waals surface area contributed by atoms with E-state index in [0.29, 0.717) is 23.1 Å². The van der Waals surface area contributed by atoms with Crippen LogP contribution in [0.2, 0.25) is 0 Å². The van der Waals surface area contributed by atoms with E-state index in [0.717, 1.165) is 0 Å². The van der Waals surface area contributed by atoms with Crippen molar-refractivity contribution in [3.05, 3.63) is 30.1 Å². The Morgan fingerprint density at radius 2 is 2.10 bits per heavy atom. The van der Waals surface area contributed by atoms with E-state index in [1.54, 1.807) is 12.1 Å². The van der Waals surface area contributed by atoms with Gasteiger partial charge in [-0.25, -0.2) is 4.68 Å². The lowest BCUT2D eigenvalue weighted by atomic mass is 10.3. The van der Waals surface area contributed by atoms with Crippen molar-refractivity contribution >= 4 is 23.4 Å². The average molecular weight is 293 g/mol. The SMILES string of the molecule is CCc1nnc(SCC(=O)Nc2ccc(O)cc2)n1N. The van der Waals surface area contributed by atoms with Gasteiger partial charge < -0.3 is 16.3 Å². The third-order valence-electron chi connectivity index (χ3n) is 2.53. The normalized spacial score (nSPS) is 10.4. The van der Waals surface area contributed by atoms with Crippen LogP contribution < -0.4 is 11.2 Å². The second-order valence-corrected chi connectivity index (χ2v) is 4.95. The highest BCUT2D eigenvalue weighted by Crippen LogP contribution is 2.17. The molecule has 0 spiro atoms. The quantitative estimate of drug-likeness (QED) is 0.431. The van der Waals surface area contributed by atoms with Crippen LogP contribution in [0.15, 0.2) is 29.4 Å². The van der Waals surface area contributed by atoms with Crippen LogP contribution in [0.5, 0.6) is 5.75 Å². The van der Waals surface area contributed by atoms with Crippen LogP contribution in [0.4, 0.5) is 5.69 Å². The number of carbonyl (C=O) groups is 1. The van der Waals surface area contributed by atoms with E-state index < -0.39 is 0 Å². The molecule has 8 heteroatoms. The molecule has 20 heavy (non-hydrogen) atoms. The molecule has 1 amide bonds. The van der Waals surface area contributed by atoms with Crippen LogP contribution in [0.1, 0.15) is 12.7 Å². The van der Waals surface area contributed by atoms with Crippen molar-refractivity contribution in [3.8, 4) is 5.75 Å². The fourth-order valence-corrected chi connectivity index (χ4v) is 2.19. The number of benzene rings is 1. The van der Waals surface area contributed by atoms with Crippen molar-refractivity contribution in [2.45, 2.75) is 18.5 Å². The fraction of sp³-hybridized carbons (Fsp3) is 0.250. The third kappa shape index (κ3) is 3.41. The summed E-state index contributed by atoms with van der Waals surface area (Å²) in [5.41, 5.74) is 0.622. The number of amides is 1. The monoisotopic (exact) mass is 293 g/mol. The summed E-state index contributed by atoms with van der Waals surface area (Å²) in [5, 5.41) is 20.2. The summed E-state index contributed by atoms with van der Waals surface area (Å²) >= 11 is 1.22. The predicted octanol–water partition coefficient (Wildman–Crippen LogP) is 0.991. The highest BCUT2D eigenvalue weighted by Gasteiger charge is 2.11. The molecule has 0 aliphatic carbocycles. The summed E-state index contributed by atoms with van der Waals surface area (Å²) in [6.45, 7) is 1.93. The van der Waals surface area contributed by atoms with Crippen molar-refractivity contribution in [1.29, 1.82) is 0 Å². The first-order valence-electron chi connectivity index (χ1n) is 6.01. The Hall–Kier alpha value is -2.22. The predicted molar refractivity (Wildman–Crippen MR) is 77.0 cm³/mol. The van der Waals surface area contributed by atoms with Gasteiger partial charge in [-0.05, 0) is 24.3 Å². The van der Waals surface area contributed by atoms with Gasteiger partial charge in [0.05, 0.1) is 5.75 Å². The number of thioether (sulfide) groups is 1. The maximum absolute atomic E-state index is 11.8. The number of anilines is 1. The molecule has 1 aromatic heterocycles. The lowest BCUT2D eigenvalue weighted by molar-refractivity contribution is -0.113. The highest BCUT2D eigenvalue weighted by atomic mass is 32.2. The number of hydrogen-bond acceptors (Lipinski definition) is 6. The number of hydrogen-bond donors (Lipinski definition) is 3. The first-order valence-corrected chi connectivity index (χ1v) is 6.99. The molecule has 0 aliphatic heterocycles. The summed E-state index contributed by atoms with van der Waals surface area (Å²) in [5.74, 6) is 6.61. The molecule has 1 heterocycles. The van der Waals surface area contributed by atoms with Gasteiger partial charge in [0, 0.05) is 12.1 Å². The summed E-state index contributed by atoms with van der Waals surface area (Å²) in [7, 11) is 0. The number of phenols is 1. The Balaban J connectivity index is 1.88. The molecule has 0 saturated heterocycles. The van der Waals surface area contributed by atoms with Gasteiger partial charge in [-0.15, -0.1) is 10.2 Å². The van der Waals surface area contributed by atoms with Gasteiger partial charge in [0.1, 0.15) is 5.75 Å². The Morgan fingerprint density at radius 1 is 1.40 bits per heavy atom. The van der Waals surface area contributed by atoms with E-state index in [4.69, 9.17) is 10.9 Å². The van der Waals surface area contributed by atoms with Gasteiger partial charge >= 0.3 is 0 Å². The zero-order valence-corrected chi connectivity index (χ0v) is 11.7. The molecule has 0 saturated carbocycles. The van der Waals surface area contributed by atoms with Gasteiger partial charge in [0.15, 0.2) is 5.82 Å². The first-order chi connectivity index (χ1) is 9.60. The van der Waals surface area contributed by atoms with Crippen molar-refractivity contribution < 1.29 is 9.90 Å². The van der Waals surface area contributed by atoms with Crippen molar-refractivity contribution in [2.24, 2.45) is 0 Å². The second kappa shape index (κ2) is 6.29. The van der Waals surface area contributed by atoms with E-state index in [1.807, 2.05) is 6.92 Å². The Kier molecular flexibility index (Phi) is 4.46. The number of aromatic nitrogens is 3. The summed E-state index contributed by atoms with van der Waals surface area (Å²) < 4.78 is 1.39. The number of phenolic OH excluding ortho intramolecular Hbond substituents is 1. The molecule has 0 atom stereocenters. The molecule has 0 fully saturated rings. The van der Waals surface area contributed by atoms with Crippen molar-refractivity contribution in [2.75, 3.05) is 16.9 Å². The maximum atomic E-state index is 11.8. The van der Waals surface area contributed by atoms with E-state index >= 15 is 0 Å². The van der Waals surface area contributed by atoms with Gasteiger partial charge in [-0.2, -0.15) is 0 Å². The van der Waals surface area contributed by atoms with Gasteiger partial charge in [-0.1, -0.05) is 18.7 Å². The minimum absolute atomic E-state index is 0.153. The Bertz CT molecular complexity index is 596. The Labute approximate surface area is 120 Å². The maximum Gasteiger partial charge on any atom is 0.234 e. The minimum Gasteiger partial charge on any atom is -0.508 e. The summed E-state index contributed by atoms with van der Waals surface area (Å²) in [6, 6.07) is 6.26. The van der Waals surface area contributed by atoms with Crippen LogP contribution in [-0.2, 0) is 11.2 Å². The fourth-order valence-electron chi connectivity index (χ4n) is 1.52. The average Bonchev–Trinajstić information content (AvgIpc) is 2.79. The standard InChI is InChI=1S/C12H15N5O2S/c1-2-10-15-16-12(17(10)13)20-7-11(19)14-8-3-5-9(18)6-4-8/h3-6,18H,2,7,13H2,1H3,(H,14,19). The van der Waals surface area contributed by atoms with Crippen LogP contribution in [0.3, 0.4) is 0 Å². The number of nitrogen functional groups attached to an aromatic ring is 1. The first kappa shape index (κ1) is 14.2. The smallest absolute Gasteiger partial charge is 0.234 e. The van der Waals surface area contributed by atoms with Crippen LogP contribution in [-0.4, -0.2) is 31.6 Å². The highest BCUT2D eigenvalue weighted by molar-refractivity contribution is 7.99. The van der Waals surface area contributed by atoms with Crippen LogP contribution >= 0.6 is 11.8 Å². The number of nitrogens with one attached hydrogen (secondary N) is 1. The molecular weight excluding hydrogens is 278 g/mol. The van der Waals surface area contributed by atoms with Gasteiger partial charge in [-0.3, -0.25) is 4.79 Å². The molecule has 1 aromatic carbocycles. The number of aromatic hydroxyl groups is 1. The topological polar surface area (TPSA) is 106 Å². The molecule has 0 unspecified atom stereocenters. The number of aryl methyl sites for hydroxylation is 1. The number of rotatable bonds is 5. The minimum atomic E-state index is -0.179. The molecular formula is C12H15N5O2S. The summed E-state index contributed by atoms with van der Waals surface area (Å²) in [6.07, 6.45) is 0.684. The van der Waals surface area contributed by atoms with E-state index in [9.17, 15) is 4.79 Å². The molecule has 4 N–H and O–H groups in total. The number of carbonyl (C=O) groups excluding carboxylic acids is 1. The van der Waals surface area contributed by atoms with E-state index in [-0.39, 0.29) is 17.4 Å². The zero-order chi connectivity index (χ0) is 14.5. The lowest BCUT2D eigenvalue weighted by Gasteiger charge is -2.05. The third-order valence-corrected chi connectivity index (χ3v) is 3.48. The molecule has 0 radical (unpaired) electrons. The Morgan fingerprint density at radius 3 is 2.70 bits per heavy atom. The van der Waals surface area contributed by atoms with Crippen LogP contribution in [0, 0.1) is 0 Å². The van der Waals surface area contributed by atoms with E-state index in [1.165, 1.54) is 28.6 Å². The number of nitrogens with two attached hydrogens (primary N) is 1. The largest absolute Gasteiger partial charge is 0.508 e. The van der Waals surface area contributed by atoms with Gasteiger partial charge in [0.2, 0.25) is 11.1 Å². The summed E-state index contributed by atoms with van der Waals surface area (Å²) in [4.78, 5) is 11.8. The number of nitrogens with zero attached hydrogens (tertiary/aromatic N) is 3. The van der Waals surface area contributed by atoms with Gasteiger partial charge in [0.25, 0.3) is 0 Å². The van der Waals surface area contributed by atoms with E-state index in [2.05, 4.69) is 15.5 Å². The van der Waals surface area contributed by atoms with Crippen molar-refractivity contribution in [1.82, 2.24) is 14.9 Å². The molecule has 106 valence electrons.